The molecule has 1 aliphatic heterocycles. The summed E-state index contributed by atoms with van der Waals surface area (Å²) < 4.78 is 0. The Morgan fingerprint density at radius 2 is 2.00 bits per heavy atom. The minimum Gasteiger partial charge on any atom is -0.337 e. The van der Waals surface area contributed by atoms with Crippen molar-refractivity contribution in [3.05, 3.63) is 0 Å². The van der Waals surface area contributed by atoms with Crippen LogP contribution in [0.5, 0.6) is 0 Å². The highest BCUT2D eigenvalue weighted by atomic mass is 16.2. The first-order valence-electron chi connectivity index (χ1n) is 7.08. The molecule has 1 heterocycles. The molecule has 1 amide bonds. The van der Waals surface area contributed by atoms with Gasteiger partial charge < -0.3 is 10.6 Å². The van der Waals surface area contributed by atoms with Crippen LogP contribution in [0.1, 0.15) is 46.0 Å². The van der Waals surface area contributed by atoms with Crippen LogP contribution in [-0.2, 0) is 4.79 Å². The fraction of sp³-hybridized carbons (Fsp3) is 0.929. The largest absolute Gasteiger partial charge is 0.337 e. The number of fused-ring (bicyclic) bond motifs is 2. The van der Waals surface area contributed by atoms with Crippen molar-refractivity contribution >= 4 is 5.91 Å². The Kier molecular flexibility index (Phi) is 2.51. The average molecular weight is 236 g/mol. The molecule has 2 bridgehead atoms. The highest BCUT2D eigenvalue weighted by Gasteiger charge is 2.52. The second-order valence-corrected chi connectivity index (χ2v) is 6.84. The predicted octanol–water partition coefficient (Wildman–Crippen LogP) is 1.76. The van der Waals surface area contributed by atoms with Gasteiger partial charge in [0.25, 0.3) is 0 Å². The molecule has 2 saturated carbocycles. The zero-order valence-electron chi connectivity index (χ0n) is 11.0. The number of hydrogen-bond donors (Lipinski definition) is 1. The van der Waals surface area contributed by atoms with E-state index < -0.39 is 0 Å². The van der Waals surface area contributed by atoms with E-state index in [1.54, 1.807) is 0 Å². The van der Waals surface area contributed by atoms with Crippen LogP contribution >= 0.6 is 0 Å². The van der Waals surface area contributed by atoms with Crippen molar-refractivity contribution in [2.75, 3.05) is 6.54 Å². The second-order valence-electron chi connectivity index (χ2n) is 6.84. The van der Waals surface area contributed by atoms with Gasteiger partial charge in [0.2, 0.25) is 5.91 Å². The van der Waals surface area contributed by atoms with Gasteiger partial charge in [-0.3, -0.25) is 4.79 Å². The molecule has 1 saturated heterocycles. The van der Waals surface area contributed by atoms with E-state index in [2.05, 4.69) is 18.7 Å². The molecule has 0 aromatic carbocycles. The molecule has 2 aliphatic carbocycles. The van der Waals surface area contributed by atoms with Crippen LogP contribution in [-0.4, -0.2) is 28.9 Å². The molecule has 2 N–H and O–H groups in total. The summed E-state index contributed by atoms with van der Waals surface area (Å²) in [6.45, 7) is 5.32. The van der Waals surface area contributed by atoms with E-state index in [-0.39, 0.29) is 17.5 Å². The van der Waals surface area contributed by atoms with Crippen molar-refractivity contribution in [2.45, 2.75) is 57.5 Å². The minimum atomic E-state index is 0.0542. The molecule has 3 nitrogen and oxygen atoms in total. The van der Waals surface area contributed by atoms with Gasteiger partial charge in [-0.2, -0.15) is 0 Å². The Labute approximate surface area is 104 Å². The quantitative estimate of drug-likeness (QED) is 0.754. The third-order valence-electron chi connectivity index (χ3n) is 5.43. The summed E-state index contributed by atoms with van der Waals surface area (Å²) in [4.78, 5) is 14.8. The fourth-order valence-corrected chi connectivity index (χ4v) is 4.40. The number of amides is 1. The van der Waals surface area contributed by atoms with Crippen molar-refractivity contribution in [2.24, 2.45) is 23.5 Å². The highest BCUT2D eigenvalue weighted by Crippen LogP contribution is 2.49. The van der Waals surface area contributed by atoms with Crippen LogP contribution in [0.15, 0.2) is 0 Å². The van der Waals surface area contributed by atoms with Crippen LogP contribution in [0.2, 0.25) is 0 Å². The normalized spacial score (nSPS) is 43.4. The predicted molar refractivity (Wildman–Crippen MR) is 67.3 cm³/mol. The standard InChI is InChI=1S/C14H24N2O/c1-14(2)6-3-7-16(14)13(17)11-9-4-5-10(8-9)12(11)15/h9-12H,3-8,15H2,1-2H3. The Bertz CT molecular complexity index is 337. The number of nitrogens with two attached hydrogens (primary N) is 1. The molecule has 3 heteroatoms. The van der Waals surface area contributed by atoms with Gasteiger partial charge in [0.1, 0.15) is 0 Å². The fourth-order valence-electron chi connectivity index (χ4n) is 4.40. The molecule has 0 aromatic rings. The first kappa shape index (κ1) is 11.5. The molecule has 3 fully saturated rings. The van der Waals surface area contributed by atoms with E-state index in [9.17, 15) is 4.79 Å². The zero-order chi connectivity index (χ0) is 12.2. The molecule has 4 atom stereocenters. The lowest BCUT2D eigenvalue weighted by molar-refractivity contribution is -0.141. The van der Waals surface area contributed by atoms with Gasteiger partial charge in [-0.25, -0.2) is 0 Å². The van der Waals surface area contributed by atoms with Crippen molar-refractivity contribution in [3.8, 4) is 0 Å². The Balaban J connectivity index is 1.79. The van der Waals surface area contributed by atoms with Crippen LogP contribution in [0.25, 0.3) is 0 Å². The van der Waals surface area contributed by atoms with Gasteiger partial charge in [-0.15, -0.1) is 0 Å². The molecule has 4 unspecified atom stereocenters. The molecule has 3 rings (SSSR count). The topological polar surface area (TPSA) is 46.3 Å². The molecule has 0 aromatic heterocycles. The molecule has 96 valence electrons. The van der Waals surface area contributed by atoms with E-state index in [0.29, 0.717) is 17.7 Å². The molecular formula is C14H24N2O. The molecular weight excluding hydrogens is 212 g/mol. The number of rotatable bonds is 1. The summed E-state index contributed by atoms with van der Waals surface area (Å²) in [5, 5.41) is 0. The summed E-state index contributed by atoms with van der Waals surface area (Å²) in [6, 6.07) is 0.137. The van der Waals surface area contributed by atoms with Crippen molar-refractivity contribution in [1.82, 2.24) is 4.90 Å². The maximum Gasteiger partial charge on any atom is 0.227 e. The zero-order valence-corrected chi connectivity index (χ0v) is 11.0. The smallest absolute Gasteiger partial charge is 0.227 e. The lowest BCUT2D eigenvalue weighted by Crippen LogP contribution is -2.51. The van der Waals surface area contributed by atoms with E-state index in [0.717, 1.165) is 19.4 Å². The Morgan fingerprint density at radius 1 is 1.29 bits per heavy atom. The number of nitrogens with zero attached hydrogens (tertiary/aromatic N) is 1. The molecule has 17 heavy (non-hydrogen) atoms. The van der Waals surface area contributed by atoms with Gasteiger partial charge in [0.15, 0.2) is 0 Å². The first-order valence-corrected chi connectivity index (χ1v) is 7.08. The molecule has 0 radical (unpaired) electrons. The summed E-state index contributed by atoms with van der Waals surface area (Å²) in [5.41, 5.74) is 6.33. The third-order valence-corrected chi connectivity index (χ3v) is 5.43. The summed E-state index contributed by atoms with van der Waals surface area (Å²) >= 11 is 0. The van der Waals surface area contributed by atoms with Crippen molar-refractivity contribution in [1.29, 1.82) is 0 Å². The summed E-state index contributed by atoms with van der Waals surface area (Å²) in [7, 11) is 0. The number of hydrogen-bond acceptors (Lipinski definition) is 2. The van der Waals surface area contributed by atoms with Crippen LogP contribution in [0.3, 0.4) is 0 Å². The average Bonchev–Trinajstić information content (AvgIpc) is 2.90. The number of carbonyl (C=O) groups excluding carboxylic acids is 1. The van der Waals surface area contributed by atoms with Crippen LogP contribution in [0.4, 0.5) is 0 Å². The highest BCUT2D eigenvalue weighted by molar-refractivity contribution is 5.81. The van der Waals surface area contributed by atoms with Gasteiger partial charge in [0.05, 0.1) is 5.92 Å². The van der Waals surface area contributed by atoms with Crippen molar-refractivity contribution in [3.63, 3.8) is 0 Å². The Hall–Kier alpha value is -0.570. The lowest BCUT2D eigenvalue weighted by atomic mass is 9.83. The minimum absolute atomic E-state index is 0.0542. The van der Waals surface area contributed by atoms with Gasteiger partial charge in [-0.05, 0) is 57.8 Å². The first-order chi connectivity index (χ1) is 8.00. The van der Waals surface area contributed by atoms with E-state index in [4.69, 9.17) is 5.73 Å². The summed E-state index contributed by atoms with van der Waals surface area (Å²) in [6.07, 6.45) is 5.96. The van der Waals surface area contributed by atoms with Crippen molar-refractivity contribution < 1.29 is 4.79 Å². The van der Waals surface area contributed by atoms with Gasteiger partial charge >= 0.3 is 0 Å². The summed E-state index contributed by atoms with van der Waals surface area (Å²) in [5.74, 6) is 1.69. The van der Waals surface area contributed by atoms with Gasteiger partial charge in [-0.1, -0.05) is 0 Å². The maximum atomic E-state index is 12.7. The van der Waals surface area contributed by atoms with Gasteiger partial charge in [0, 0.05) is 18.1 Å². The van der Waals surface area contributed by atoms with E-state index in [1.807, 2.05) is 0 Å². The lowest BCUT2D eigenvalue weighted by Gasteiger charge is -2.37. The Morgan fingerprint density at radius 3 is 2.53 bits per heavy atom. The SMILES string of the molecule is CC1(C)CCCN1C(=O)C1C2CCC(C2)C1N. The monoisotopic (exact) mass is 236 g/mol. The second kappa shape index (κ2) is 3.71. The third kappa shape index (κ3) is 1.62. The van der Waals surface area contributed by atoms with Crippen LogP contribution < -0.4 is 5.73 Å². The van der Waals surface area contributed by atoms with Crippen LogP contribution in [0, 0.1) is 17.8 Å². The van der Waals surface area contributed by atoms with E-state index >= 15 is 0 Å². The number of carbonyl (C=O) groups is 1. The molecule has 3 aliphatic rings. The maximum absolute atomic E-state index is 12.7. The number of likely N-dealkylation sites (tertiary alicyclic amines) is 1. The molecule has 0 spiro atoms. The van der Waals surface area contributed by atoms with E-state index in [1.165, 1.54) is 19.3 Å².